The molecule has 1 heteroatoms. The van der Waals surface area contributed by atoms with Gasteiger partial charge < -0.3 is 5.11 Å². The molecule has 2 unspecified atom stereocenters. The summed E-state index contributed by atoms with van der Waals surface area (Å²) in [6.45, 7) is 11.2. The van der Waals surface area contributed by atoms with Crippen LogP contribution in [0, 0.1) is 25.2 Å². The van der Waals surface area contributed by atoms with Crippen LogP contribution in [0.4, 0.5) is 0 Å². The molecule has 1 aromatic rings. The smallest absolute Gasteiger partial charge is 0.0713 e. The normalized spacial score (nSPS) is 30.3. The van der Waals surface area contributed by atoms with Crippen molar-refractivity contribution in [1.82, 2.24) is 0 Å². The minimum Gasteiger partial charge on any atom is -0.389 e. The van der Waals surface area contributed by atoms with E-state index in [1.165, 1.54) is 16.7 Å². The minimum absolute atomic E-state index is 0.371. The van der Waals surface area contributed by atoms with Gasteiger partial charge >= 0.3 is 0 Å². The predicted molar refractivity (Wildman–Crippen MR) is 81.4 cm³/mol. The first-order valence-electron chi connectivity index (χ1n) is 7.51. The van der Waals surface area contributed by atoms with Crippen molar-refractivity contribution in [3.05, 3.63) is 34.9 Å². The molecule has 0 aromatic heterocycles. The molecule has 0 saturated heterocycles. The molecule has 0 radical (unpaired) electrons. The maximum absolute atomic E-state index is 11.1. The van der Waals surface area contributed by atoms with Crippen LogP contribution >= 0.6 is 0 Å². The second-order valence-electron chi connectivity index (χ2n) is 7.42. The van der Waals surface area contributed by atoms with Crippen molar-refractivity contribution in [2.45, 2.75) is 65.9 Å². The van der Waals surface area contributed by atoms with Crippen molar-refractivity contribution in [3.8, 4) is 0 Å². The first-order chi connectivity index (χ1) is 8.73. The van der Waals surface area contributed by atoms with Crippen molar-refractivity contribution < 1.29 is 5.11 Å². The van der Waals surface area contributed by atoms with Crippen LogP contribution in [0.5, 0.6) is 0 Å². The maximum atomic E-state index is 11.1. The van der Waals surface area contributed by atoms with Crippen molar-refractivity contribution in [2.75, 3.05) is 0 Å². The van der Waals surface area contributed by atoms with E-state index in [4.69, 9.17) is 0 Å². The van der Waals surface area contributed by atoms with Gasteiger partial charge in [-0.05, 0) is 61.1 Å². The molecule has 0 bridgehead atoms. The zero-order chi connectivity index (χ0) is 14.3. The molecule has 0 amide bonds. The Bertz CT molecular complexity index is 441. The number of hydrogen-bond acceptors (Lipinski definition) is 1. The number of hydrogen-bond donors (Lipinski definition) is 1. The highest BCUT2D eigenvalue weighted by Gasteiger charge is 2.42. The molecule has 1 aliphatic rings. The third-order valence-corrected chi connectivity index (χ3v) is 5.14. The Labute approximate surface area is 118 Å². The van der Waals surface area contributed by atoms with Gasteiger partial charge in [0.1, 0.15) is 0 Å². The molecule has 1 fully saturated rings. The number of benzene rings is 1. The standard InChI is InChI=1S/C18H28O/c1-13-7-6-8-14(2)16(13)12-18(19)10-9-17(4,5)11-15(18)3/h6-8,15,19H,9-12H2,1-5H3. The van der Waals surface area contributed by atoms with Gasteiger partial charge in [-0.15, -0.1) is 0 Å². The van der Waals surface area contributed by atoms with Crippen LogP contribution in [0.1, 0.15) is 56.7 Å². The summed E-state index contributed by atoms with van der Waals surface area (Å²) < 4.78 is 0. The molecule has 0 aliphatic heterocycles. The molecule has 0 heterocycles. The molecule has 19 heavy (non-hydrogen) atoms. The lowest BCUT2D eigenvalue weighted by Crippen LogP contribution is -2.45. The lowest BCUT2D eigenvalue weighted by molar-refractivity contribution is -0.0705. The van der Waals surface area contributed by atoms with Crippen LogP contribution in [0.2, 0.25) is 0 Å². The predicted octanol–water partition coefficient (Wildman–Crippen LogP) is 4.42. The second-order valence-corrected chi connectivity index (χ2v) is 7.42. The van der Waals surface area contributed by atoms with E-state index in [2.05, 4.69) is 52.8 Å². The first-order valence-corrected chi connectivity index (χ1v) is 7.51. The summed E-state index contributed by atoms with van der Waals surface area (Å²) in [5.74, 6) is 0.371. The Morgan fingerprint density at radius 1 is 1.16 bits per heavy atom. The fourth-order valence-electron chi connectivity index (χ4n) is 3.62. The summed E-state index contributed by atoms with van der Waals surface area (Å²) >= 11 is 0. The van der Waals surface area contributed by atoms with E-state index < -0.39 is 5.60 Å². The summed E-state index contributed by atoms with van der Waals surface area (Å²) in [5, 5.41) is 11.1. The van der Waals surface area contributed by atoms with Crippen LogP contribution in [0.15, 0.2) is 18.2 Å². The quantitative estimate of drug-likeness (QED) is 0.834. The molecule has 0 spiro atoms. The molecule has 1 saturated carbocycles. The van der Waals surface area contributed by atoms with Crippen LogP contribution in [-0.2, 0) is 6.42 Å². The van der Waals surface area contributed by atoms with Crippen molar-refractivity contribution in [3.63, 3.8) is 0 Å². The van der Waals surface area contributed by atoms with Gasteiger partial charge in [0.05, 0.1) is 5.60 Å². The summed E-state index contributed by atoms with van der Waals surface area (Å²) in [5.41, 5.74) is 3.83. The molecule has 1 N–H and O–H groups in total. The fraction of sp³-hybridized carbons (Fsp3) is 0.667. The Kier molecular flexibility index (Phi) is 3.79. The Balaban J connectivity index is 2.23. The number of aliphatic hydroxyl groups is 1. The van der Waals surface area contributed by atoms with Crippen LogP contribution in [-0.4, -0.2) is 10.7 Å². The highest BCUT2D eigenvalue weighted by molar-refractivity contribution is 5.35. The van der Waals surface area contributed by atoms with Gasteiger partial charge in [-0.25, -0.2) is 0 Å². The van der Waals surface area contributed by atoms with Crippen LogP contribution in [0.25, 0.3) is 0 Å². The van der Waals surface area contributed by atoms with E-state index in [1.807, 2.05) is 0 Å². The Morgan fingerprint density at radius 2 is 1.74 bits per heavy atom. The summed E-state index contributed by atoms with van der Waals surface area (Å²) in [6.07, 6.45) is 3.98. The SMILES string of the molecule is Cc1cccc(C)c1CC1(O)CCC(C)(C)CC1C. The van der Waals surface area contributed by atoms with Gasteiger partial charge in [0, 0.05) is 6.42 Å². The first kappa shape index (κ1) is 14.6. The van der Waals surface area contributed by atoms with Crippen LogP contribution < -0.4 is 0 Å². The van der Waals surface area contributed by atoms with E-state index >= 15 is 0 Å². The topological polar surface area (TPSA) is 20.2 Å². The lowest BCUT2D eigenvalue weighted by Gasteiger charge is -2.45. The second kappa shape index (κ2) is 4.94. The van der Waals surface area contributed by atoms with Crippen molar-refractivity contribution in [2.24, 2.45) is 11.3 Å². The summed E-state index contributed by atoms with van der Waals surface area (Å²) in [6, 6.07) is 6.41. The van der Waals surface area contributed by atoms with E-state index in [0.29, 0.717) is 11.3 Å². The van der Waals surface area contributed by atoms with Gasteiger partial charge in [-0.3, -0.25) is 0 Å². The van der Waals surface area contributed by atoms with E-state index in [1.54, 1.807) is 0 Å². The largest absolute Gasteiger partial charge is 0.389 e. The highest BCUT2D eigenvalue weighted by Crippen LogP contribution is 2.45. The summed E-state index contributed by atoms with van der Waals surface area (Å²) in [4.78, 5) is 0. The molecule has 1 aromatic carbocycles. The average Bonchev–Trinajstić information content (AvgIpc) is 2.30. The molecule has 2 rings (SSSR count). The highest BCUT2D eigenvalue weighted by atomic mass is 16.3. The van der Waals surface area contributed by atoms with E-state index in [9.17, 15) is 5.11 Å². The van der Waals surface area contributed by atoms with Gasteiger partial charge in [-0.1, -0.05) is 39.0 Å². The van der Waals surface area contributed by atoms with Gasteiger partial charge in [-0.2, -0.15) is 0 Å². The minimum atomic E-state index is -0.521. The zero-order valence-electron chi connectivity index (χ0n) is 13.1. The number of rotatable bonds is 2. The molecule has 1 aliphatic carbocycles. The molecular formula is C18H28O. The third-order valence-electron chi connectivity index (χ3n) is 5.14. The number of aryl methyl sites for hydroxylation is 2. The average molecular weight is 260 g/mol. The van der Waals surface area contributed by atoms with Gasteiger partial charge in [0.2, 0.25) is 0 Å². The molecule has 2 atom stereocenters. The van der Waals surface area contributed by atoms with E-state index in [0.717, 1.165) is 25.7 Å². The van der Waals surface area contributed by atoms with Crippen molar-refractivity contribution in [1.29, 1.82) is 0 Å². The molecular weight excluding hydrogens is 232 g/mol. The maximum Gasteiger partial charge on any atom is 0.0713 e. The van der Waals surface area contributed by atoms with Gasteiger partial charge in [0.25, 0.3) is 0 Å². The zero-order valence-corrected chi connectivity index (χ0v) is 13.1. The fourth-order valence-corrected chi connectivity index (χ4v) is 3.62. The monoisotopic (exact) mass is 260 g/mol. The molecule has 106 valence electrons. The van der Waals surface area contributed by atoms with Crippen LogP contribution in [0.3, 0.4) is 0 Å². The third kappa shape index (κ3) is 3.02. The Hall–Kier alpha value is -0.820. The molecule has 1 nitrogen and oxygen atoms in total. The van der Waals surface area contributed by atoms with Gasteiger partial charge in [0.15, 0.2) is 0 Å². The lowest BCUT2D eigenvalue weighted by atomic mass is 9.63. The van der Waals surface area contributed by atoms with E-state index in [-0.39, 0.29) is 0 Å². The Morgan fingerprint density at radius 3 is 2.26 bits per heavy atom. The summed E-state index contributed by atoms with van der Waals surface area (Å²) in [7, 11) is 0. The van der Waals surface area contributed by atoms with Crippen molar-refractivity contribution >= 4 is 0 Å².